The highest BCUT2D eigenvalue weighted by atomic mass is 15.1. The molecule has 0 bridgehead atoms. The summed E-state index contributed by atoms with van der Waals surface area (Å²) in [6.45, 7) is 2.13. The summed E-state index contributed by atoms with van der Waals surface area (Å²) in [7, 11) is 0. The van der Waals surface area contributed by atoms with Gasteiger partial charge in [0.25, 0.3) is 0 Å². The van der Waals surface area contributed by atoms with Gasteiger partial charge in [0.15, 0.2) is 0 Å². The van der Waals surface area contributed by atoms with Gasteiger partial charge in [-0.1, -0.05) is 169 Å². The third-order valence-electron chi connectivity index (χ3n) is 11.1. The molecule has 9 aromatic carbocycles. The average Bonchev–Trinajstić information content (AvgIpc) is 3.62. The molecule has 0 amide bonds. The summed E-state index contributed by atoms with van der Waals surface area (Å²) in [4.78, 5) is 2.35. The van der Waals surface area contributed by atoms with Gasteiger partial charge in [-0.15, -0.1) is 0 Å². The van der Waals surface area contributed by atoms with Crippen molar-refractivity contribution in [1.82, 2.24) is 4.57 Å². The second kappa shape index (κ2) is 14.7. The van der Waals surface area contributed by atoms with E-state index in [1.807, 2.05) is 0 Å². The number of nitrogens with zero attached hydrogens (tertiary/aromatic N) is 2. The Morgan fingerprint density at radius 1 is 0.298 bits per heavy atom. The Hall–Kier alpha value is -7.42. The Kier molecular flexibility index (Phi) is 8.78. The Balaban J connectivity index is 0.995. The summed E-state index contributed by atoms with van der Waals surface area (Å²) in [5, 5.41) is 2.53. The van der Waals surface area contributed by atoms with Gasteiger partial charge in [0.1, 0.15) is 0 Å². The van der Waals surface area contributed by atoms with Crippen LogP contribution in [0.1, 0.15) is 5.56 Å². The molecule has 0 saturated heterocycles. The predicted molar refractivity (Wildman–Crippen MR) is 242 cm³/mol. The number of para-hydroxylation sites is 2. The number of aromatic nitrogens is 1. The third-order valence-corrected chi connectivity index (χ3v) is 11.1. The molecule has 0 unspecified atom stereocenters. The first-order valence-corrected chi connectivity index (χ1v) is 19.6. The lowest BCUT2D eigenvalue weighted by atomic mass is 10.00. The number of hydrogen-bond donors (Lipinski definition) is 0. The van der Waals surface area contributed by atoms with Gasteiger partial charge in [-0.2, -0.15) is 0 Å². The van der Waals surface area contributed by atoms with Crippen molar-refractivity contribution < 1.29 is 0 Å². The van der Waals surface area contributed by atoms with E-state index in [1.165, 1.54) is 71.9 Å². The average molecular weight is 729 g/mol. The molecule has 2 nitrogen and oxygen atoms in total. The fourth-order valence-electron chi connectivity index (χ4n) is 8.11. The SMILES string of the molecule is Cc1ccc(-c2ccc(N(c3ccc(-c4ccc(-c5ccccc5)cc4)cc3)c3ccc(-c4cccc(-n5c6ccccc6c6ccccc65)c4)cc3)cc2)cc1. The van der Waals surface area contributed by atoms with E-state index in [-0.39, 0.29) is 0 Å². The van der Waals surface area contributed by atoms with Crippen LogP contribution in [-0.4, -0.2) is 4.57 Å². The first kappa shape index (κ1) is 34.1. The Bertz CT molecular complexity index is 2900. The van der Waals surface area contributed by atoms with E-state index in [4.69, 9.17) is 0 Å². The highest BCUT2D eigenvalue weighted by molar-refractivity contribution is 6.09. The van der Waals surface area contributed by atoms with Gasteiger partial charge in [-0.25, -0.2) is 0 Å². The van der Waals surface area contributed by atoms with Crippen LogP contribution >= 0.6 is 0 Å². The van der Waals surface area contributed by atoms with Crippen molar-refractivity contribution in [2.75, 3.05) is 4.90 Å². The number of fused-ring (bicyclic) bond motifs is 3. The van der Waals surface area contributed by atoms with Gasteiger partial charge in [-0.3, -0.25) is 0 Å². The van der Waals surface area contributed by atoms with Gasteiger partial charge < -0.3 is 9.47 Å². The zero-order valence-electron chi connectivity index (χ0n) is 31.8. The molecule has 0 N–H and O–H groups in total. The summed E-state index contributed by atoms with van der Waals surface area (Å²) in [5.74, 6) is 0. The zero-order chi connectivity index (χ0) is 38.1. The first-order chi connectivity index (χ1) is 28.2. The lowest BCUT2D eigenvalue weighted by Gasteiger charge is -2.26. The Labute approximate surface area is 334 Å². The van der Waals surface area contributed by atoms with Crippen molar-refractivity contribution in [3.63, 3.8) is 0 Å². The van der Waals surface area contributed by atoms with Crippen LogP contribution in [0.25, 0.3) is 72.0 Å². The fourth-order valence-corrected chi connectivity index (χ4v) is 8.11. The molecule has 0 radical (unpaired) electrons. The van der Waals surface area contributed by atoms with Gasteiger partial charge in [0.2, 0.25) is 0 Å². The highest BCUT2D eigenvalue weighted by Crippen LogP contribution is 2.39. The van der Waals surface area contributed by atoms with Gasteiger partial charge in [0, 0.05) is 33.5 Å². The molecule has 10 aromatic rings. The first-order valence-electron chi connectivity index (χ1n) is 19.6. The molecular weight excluding hydrogens is 689 g/mol. The van der Waals surface area contributed by atoms with Crippen molar-refractivity contribution in [1.29, 1.82) is 0 Å². The topological polar surface area (TPSA) is 8.17 Å². The maximum atomic E-state index is 2.38. The summed E-state index contributed by atoms with van der Waals surface area (Å²) in [5.41, 5.74) is 17.7. The van der Waals surface area contributed by atoms with E-state index < -0.39 is 0 Å². The van der Waals surface area contributed by atoms with E-state index in [9.17, 15) is 0 Å². The third kappa shape index (κ3) is 6.58. The standard InChI is InChI=1S/C55H40N2/c1-39-18-20-41(21-19-39)44-26-32-48(33-27-44)56(49-34-28-45(29-35-49)43-24-22-42(23-25-43)40-10-3-2-4-11-40)50-36-30-46(31-37-50)47-12-9-13-51(38-47)57-54-16-7-5-14-52(54)53-15-6-8-17-55(53)57/h2-38H,1H3. The van der Waals surface area contributed by atoms with Crippen molar-refractivity contribution in [3.05, 3.63) is 230 Å². The number of aryl methyl sites for hydroxylation is 1. The number of rotatable bonds is 8. The van der Waals surface area contributed by atoms with Gasteiger partial charge in [0.05, 0.1) is 11.0 Å². The second-order valence-electron chi connectivity index (χ2n) is 14.7. The minimum atomic E-state index is 1.10. The highest BCUT2D eigenvalue weighted by Gasteiger charge is 2.15. The molecule has 0 spiro atoms. The van der Waals surface area contributed by atoms with Crippen LogP contribution in [0.5, 0.6) is 0 Å². The lowest BCUT2D eigenvalue weighted by Crippen LogP contribution is -2.09. The molecule has 0 fully saturated rings. The molecule has 0 saturated carbocycles. The van der Waals surface area contributed by atoms with E-state index in [0.29, 0.717) is 0 Å². The van der Waals surface area contributed by atoms with Crippen LogP contribution < -0.4 is 4.90 Å². The van der Waals surface area contributed by atoms with Crippen LogP contribution in [0.15, 0.2) is 224 Å². The summed E-state index contributed by atoms with van der Waals surface area (Å²) < 4.78 is 2.38. The predicted octanol–water partition coefficient (Wildman–Crippen LogP) is 15.2. The summed E-state index contributed by atoms with van der Waals surface area (Å²) in [6.07, 6.45) is 0. The molecule has 0 aliphatic rings. The molecule has 10 rings (SSSR count). The molecule has 1 aromatic heterocycles. The number of hydrogen-bond acceptors (Lipinski definition) is 1. The van der Waals surface area contributed by atoms with Crippen LogP contribution in [-0.2, 0) is 0 Å². The molecule has 1 heterocycles. The van der Waals surface area contributed by atoms with Crippen molar-refractivity contribution in [3.8, 4) is 50.2 Å². The number of anilines is 3. The van der Waals surface area contributed by atoms with Crippen molar-refractivity contribution >= 4 is 38.9 Å². The fraction of sp³-hybridized carbons (Fsp3) is 0.0182. The largest absolute Gasteiger partial charge is 0.311 e. The van der Waals surface area contributed by atoms with Gasteiger partial charge >= 0.3 is 0 Å². The molecule has 270 valence electrons. The van der Waals surface area contributed by atoms with Crippen molar-refractivity contribution in [2.45, 2.75) is 6.92 Å². The maximum Gasteiger partial charge on any atom is 0.0541 e. The van der Waals surface area contributed by atoms with Crippen LogP contribution in [0.4, 0.5) is 17.1 Å². The molecule has 0 aliphatic carbocycles. The monoisotopic (exact) mass is 728 g/mol. The number of benzene rings is 9. The van der Waals surface area contributed by atoms with Gasteiger partial charge in [-0.05, 0) is 112 Å². The molecule has 0 aliphatic heterocycles. The van der Waals surface area contributed by atoms with Crippen molar-refractivity contribution in [2.24, 2.45) is 0 Å². The quantitative estimate of drug-likeness (QED) is 0.151. The minimum Gasteiger partial charge on any atom is -0.311 e. The Morgan fingerprint density at radius 3 is 1.12 bits per heavy atom. The maximum absolute atomic E-state index is 2.38. The lowest BCUT2D eigenvalue weighted by molar-refractivity contribution is 1.18. The Morgan fingerprint density at radius 2 is 0.649 bits per heavy atom. The zero-order valence-corrected chi connectivity index (χ0v) is 31.8. The molecule has 2 heteroatoms. The van der Waals surface area contributed by atoms with Crippen LogP contribution in [0.3, 0.4) is 0 Å². The molecular formula is C55H40N2. The smallest absolute Gasteiger partial charge is 0.0541 e. The van der Waals surface area contributed by atoms with E-state index in [2.05, 4.69) is 241 Å². The summed E-state index contributed by atoms with van der Waals surface area (Å²) in [6, 6.07) is 81.2. The normalized spacial score (nSPS) is 11.2. The minimum absolute atomic E-state index is 1.10. The molecule has 0 atom stereocenters. The summed E-state index contributed by atoms with van der Waals surface area (Å²) >= 11 is 0. The van der Waals surface area contributed by atoms with E-state index in [1.54, 1.807) is 0 Å². The van der Waals surface area contributed by atoms with Crippen LogP contribution in [0, 0.1) is 6.92 Å². The van der Waals surface area contributed by atoms with E-state index >= 15 is 0 Å². The van der Waals surface area contributed by atoms with E-state index in [0.717, 1.165) is 22.7 Å². The van der Waals surface area contributed by atoms with Crippen LogP contribution in [0.2, 0.25) is 0 Å². The molecule has 57 heavy (non-hydrogen) atoms. The second-order valence-corrected chi connectivity index (χ2v) is 14.7.